The van der Waals surface area contributed by atoms with Gasteiger partial charge in [0.15, 0.2) is 0 Å². The highest BCUT2D eigenvalue weighted by molar-refractivity contribution is 6.35. The van der Waals surface area contributed by atoms with Crippen LogP contribution in [0.5, 0.6) is 11.6 Å². The molecule has 0 spiro atoms. The quantitative estimate of drug-likeness (QED) is 0.725. The van der Waals surface area contributed by atoms with E-state index in [1.54, 1.807) is 24.3 Å². The van der Waals surface area contributed by atoms with Gasteiger partial charge in [-0.2, -0.15) is 14.6 Å². The molecule has 0 amide bonds. The molecule has 96 valence electrons. The number of rotatable bonds is 2. The second kappa shape index (κ2) is 4.68. The molecule has 0 aliphatic carbocycles. The minimum atomic E-state index is 0.426. The van der Waals surface area contributed by atoms with E-state index in [1.165, 1.54) is 10.8 Å². The first kappa shape index (κ1) is 12.2. The second-order valence-electron chi connectivity index (χ2n) is 3.88. The molecule has 0 fully saturated rings. The number of hydrogen-bond donors (Lipinski definition) is 0. The molecule has 3 rings (SSSR count). The molecule has 0 aliphatic heterocycles. The third-order valence-electron chi connectivity index (χ3n) is 2.46. The number of ether oxygens (including phenoxy) is 1. The van der Waals surface area contributed by atoms with E-state index in [-0.39, 0.29) is 0 Å². The zero-order valence-electron chi connectivity index (χ0n) is 9.84. The minimum absolute atomic E-state index is 0.426. The van der Waals surface area contributed by atoms with E-state index >= 15 is 0 Å². The number of hydrogen-bond acceptors (Lipinski definition) is 4. The fourth-order valence-corrected chi connectivity index (χ4v) is 2.09. The molecule has 19 heavy (non-hydrogen) atoms. The Balaban J connectivity index is 2.07. The maximum Gasteiger partial charge on any atom is 0.255 e. The van der Waals surface area contributed by atoms with E-state index in [2.05, 4.69) is 15.1 Å². The van der Waals surface area contributed by atoms with Gasteiger partial charge in [0.05, 0.1) is 5.02 Å². The van der Waals surface area contributed by atoms with Crippen molar-refractivity contribution >= 4 is 29.0 Å². The van der Waals surface area contributed by atoms with Gasteiger partial charge in [-0.1, -0.05) is 23.2 Å². The molecule has 1 aromatic carbocycles. The van der Waals surface area contributed by atoms with Gasteiger partial charge in [-0.25, -0.2) is 4.98 Å². The van der Waals surface area contributed by atoms with Crippen LogP contribution in [0.25, 0.3) is 5.78 Å². The number of halogens is 2. The van der Waals surface area contributed by atoms with Crippen LogP contribution in [0.2, 0.25) is 10.0 Å². The van der Waals surface area contributed by atoms with Gasteiger partial charge in [-0.3, -0.25) is 0 Å². The lowest BCUT2D eigenvalue weighted by atomic mass is 10.3. The van der Waals surface area contributed by atoms with Crippen molar-refractivity contribution in [1.29, 1.82) is 0 Å². The van der Waals surface area contributed by atoms with Crippen molar-refractivity contribution in [2.24, 2.45) is 0 Å². The number of aromatic nitrogens is 4. The van der Waals surface area contributed by atoms with Crippen molar-refractivity contribution < 1.29 is 4.74 Å². The Hall–Kier alpha value is -1.85. The molecule has 0 saturated heterocycles. The van der Waals surface area contributed by atoms with E-state index in [0.29, 0.717) is 27.5 Å². The van der Waals surface area contributed by atoms with Crippen LogP contribution >= 0.6 is 23.2 Å². The van der Waals surface area contributed by atoms with E-state index in [4.69, 9.17) is 27.9 Å². The maximum atomic E-state index is 6.07. The van der Waals surface area contributed by atoms with Crippen LogP contribution in [0.3, 0.4) is 0 Å². The Labute approximate surface area is 118 Å². The number of fused-ring (bicyclic) bond motifs is 1. The normalized spacial score (nSPS) is 10.9. The van der Waals surface area contributed by atoms with Gasteiger partial charge in [0.2, 0.25) is 5.88 Å². The smallest absolute Gasteiger partial charge is 0.255 e. The summed E-state index contributed by atoms with van der Waals surface area (Å²) in [5.74, 6) is 1.46. The number of benzene rings is 1. The topological polar surface area (TPSA) is 52.3 Å². The zero-order valence-corrected chi connectivity index (χ0v) is 11.4. The Kier molecular flexibility index (Phi) is 3.00. The average Bonchev–Trinajstić information content (AvgIpc) is 2.80. The third-order valence-corrected chi connectivity index (χ3v) is 2.99. The van der Waals surface area contributed by atoms with Crippen molar-refractivity contribution in [3.05, 3.63) is 46.3 Å². The van der Waals surface area contributed by atoms with Crippen molar-refractivity contribution in [3.8, 4) is 11.6 Å². The second-order valence-corrected chi connectivity index (χ2v) is 4.73. The Morgan fingerprint density at radius 3 is 2.84 bits per heavy atom. The molecule has 0 saturated carbocycles. The summed E-state index contributed by atoms with van der Waals surface area (Å²) in [5, 5.41) is 5.03. The Bertz CT molecular complexity index is 757. The Morgan fingerprint density at radius 1 is 1.21 bits per heavy atom. The summed E-state index contributed by atoms with van der Waals surface area (Å²) >= 11 is 11.9. The molecular formula is C12H8Cl2N4O. The van der Waals surface area contributed by atoms with Crippen LogP contribution in [-0.4, -0.2) is 19.6 Å². The summed E-state index contributed by atoms with van der Waals surface area (Å²) in [6.07, 6.45) is 1.41. The van der Waals surface area contributed by atoms with E-state index < -0.39 is 0 Å². The molecule has 3 aromatic rings. The van der Waals surface area contributed by atoms with E-state index in [1.807, 2.05) is 6.92 Å². The largest absolute Gasteiger partial charge is 0.437 e. The standard InChI is InChI=1S/C12H8Cl2N4O/c1-7-4-11(18-12(17-7)15-6-16-18)19-10-3-2-8(13)5-9(10)14/h2-6H,1H3. The first-order valence-corrected chi connectivity index (χ1v) is 6.19. The molecular weight excluding hydrogens is 287 g/mol. The summed E-state index contributed by atoms with van der Waals surface area (Å²) in [7, 11) is 0. The summed E-state index contributed by atoms with van der Waals surface area (Å²) in [4.78, 5) is 8.25. The van der Waals surface area contributed by atoms with Crippen LogP contribution in [0.15, 0.2) is 30.6 Å². The molecule has 7 heteroatoms. The lowest BCUT2D eigenvalue weighted by Gasteiger charge is -2.09. The third kappa shape index (κ3) is 2.34. The first-order valence-electron chi connectivity index (χ1n) is 5.44. The average molecular weight is 295 g/mol. The Morgan fingerprint density at radius 2 is 2.05 bits per heavy atom. The molecule has 0 aliphatic rings. The van der Waals surface area contributed by atoms with E-state index in [0.717, 1.165) is 5.69 Å². The summed E-state index contributed by atoms with van der Waals surface area (Å²) in [6.45, 7) is 1.85. The summed E-state index contributed by atoms with van der Waals surface area (Å²) in [6, 6.07) is 6.77. The molecule has 0 N–H and O–H groups in total. The van der Waals surface area contributed by atoms with E-state index in [9.17, 15) is 0 Å². The molecule has 0 bridgehead atoms. The molecule has 2 heterocycles. The zero-order chi connectivity index (χ0) is 13.4. The van der Waals surface area contributed by atoms with Crippen LogP contribution in [0.4, 0.5) is 0 Å². The van der Waals surface area contributed by atoms with Crippen LogP contribution in [0.1, 0.15) is 5.69 Å². The number of nitrogens with zero attached hydrogens (tertiary/aromatic N) is 4. The molecule has 5 nitrogen and oxygen atoms in total. The lowest BCUT2D eigenvalue weighted by molar-refractivity contribution is 0.445. The van der Waals surface area contributed by atoms with Crippen molar-refractivity contribution in [2.45, 2.75) is 6.92 Å². The predicted octanol–water partition coefficient (Wildman–Crippen LogP) is 3.53. The van der Waals surface area contributed by atoms with Crippen molar-refractivity contribution in [3.63, 3.8) is 0 Å². The van der Waals surface area contributed by atoms with Crippen LogP contribution in [0, 0.1) is 6.92 Å². The van der Waals surface area contributed by atoms with Gasteiger partial charge < -0.3 is 4.74 Å². The molecule has 0 atom stereocenters. The van der Waals surface area contributed by atoms with Gasteiger partial charge in [0, 0.05) is 16.8 Å². The summed E-state index contributed by atoms with van der Waals surface area (Å²) < 4.78 is 7.24. The van der Waals surface area contributed by atoms with Gasteiger partial charge in [0.25, 0.3) is 5.78 Å². The molecule has 2 aromatic heterocycles. The van der Waals surface area contributed by atoms with Gasteiger partial charge >= 0.3 is 0 Å². The van der Waals surface area contributed by atoms with Gasteiger partial charge in [-0.05, 0) is 25.1 Å². The minimum Gasteiger partial charge on any atom is -0.437 e. The van der Waals surface area contributed by atoms with Crippen molar-refractivity contribution in [1.82, 2.24) is 19.6 Å². The highest BCUT2D eigenvalue weighted by Crippen LogP contribution is 2.31. The fourth-order valence-electron chi connectivity index (χ4n) is 1.64. The highest BCUT2D eigenvalue weighted by atomic mass is 35.5. The van der Waals surface area contributed by atoms with Crippen LogP contribution in [-0.2, 0) is 0 Å². The lowest BCUT2D eigenvalue weighted by Crippen LogP contribution is -1.99. The van der Waals surface area contributed by atoms with Crippen molar-refractivity contribution in [2.75, 3.05) is 0 Å². The number of aryl methyl sites for hydroxylation is 1. The predicted molar refractivity (Wildman–Crippen MR) is 72.1 cm³/mol. The fraction of sp³-hybridized carbons (Fsp3) is 0.0833. The van der Waals surface area contributed by atoms with Crippen LogP contribution < -0.4 is 4.74 Å². The molecule has 0 radical (unpaired) electrons. The highest BCUT2D eigenvalue weighted by Gasteiger charge is 2.10. The molecule has 0 unspecified atom stereocenters. The van der Waals surface area contributed by atoms with Gasteiger partial charge in [0.1, 0.15) is 12.1 Å². The monoisotopic (exact) mass is 294 g/mol. The first-order chi connectivity index (χ1) is 9.13. The SMILES string of the molecule is Cc1cc(Oc2ccc(Cl)cc2Cl)n2ncnc2n1. The van der Waals surface area contributed by atoms with Gasteiger partial charge in [-0.15, -0.1) is 0 Å². The maximum absolute atomic E-state index is 6.07. The summed E-state index contributed by atoms with van der Waals surface area (Å²) in [5.41, 5.74) is 0.778.